The Labute approximate surface area is 132 Å². The van der Waals surface area contributed by atoms with Crippen LogP contribution in [0.15, 0.2) is 24.3 Å². The largest absolute Gasteiger partial charge is 0.481 e. The molecular weight excluding hydrogens is 274 g/mol. The maximum atomic E-state index is 5.50. The summed E-state index contributed by atoms with van der Waals surface area (Å²) < 4.78 is 5.50. The maximum Gasteiger partial charge on any atom is 0.219 e. The molecule has 4 nitrogen and oxygen atoms in total. The van der Waals surface area contributed by atoms with Crippen molar-refractivity contribution in [2.45, 2.75) is 32.6 Å². The molecule has 0 saturated heterocycles. The lowest BCUT2D eigenvalue weighted by atomic mass is 10.1. The van der Waals surface area contributed by atoms with Gasteiger partial charge in [0.15, 0.2) is 0 Å². The predicted octanol–water partition coefficient (Wildman–Crippen LogP) is 2.33. The number of nitrogens with zero attached hydrogens (tertiary/aromatic N) is 2. The van der Waals surface area contributed by atoms with Crippen LogP contribution in [0.5, 0.6) is 5.88 Å². The first-order chi connectivity index (χ1) is 10.8. The van der Waals surface area contributed by atoms with Gasteiger partial charge in [0.05, 0.1) is 12.8 Å². The molecular formula is C18H23N3O. The van der Waals surface area contributed by atoms with Crippen LogP contribution in [-0.4, -0.2) is 30.2 Å². The van der Waals surface area contributed by atoms with Crippen molar-refractivity contribution in [1.29, 1.82) is 0 Å². The fraction of sp³-hybridized carbons (Fsp3) is 0.444. The first kappa shape index (κ1) is 15.0. The van der Waals surface area contributed by atoms with Crippen LogP contribution < -0.4 is 10.1 Å². The third-order valence-corrected chi connectivity index (χ3v) is 4.18. The molecule has 0 aliphatic carbocycles. The summed E-state index contributed by atoms with van der Waals surface area (Å²) in [5.41, 5.74) is 4.90. The first-order valence-electron chi connectivity index (χ1n) is 8.01. The van der Waals surface area contributed by atoms with E-state index in [1.807, 2.05) is 0 Å². The molecule has 2 aromatic rings. The zero-order valence-electron chi connectivity index (χ0n) is 13.4. The Hall–Kier alpha value is -1.94. The van der Waals surface area contributed by atoms with Gasteiger partial charge in [-0.3, -0.25) is 0 Å². The van der Waals surface area contributed by atoms with Crippen molar-refractivity contribution in [1.82, 2.24) is 15.3 Å². The zero-order chi connectivity index (χ0) is 15.4. The number of benzene rings is 1. The van der Waals surface area contributed by atoms with Crippen LogP contribution in [-0.2, 0) is 25.7 Å². The topological polar surface area (TPSA) is 47.0 Å². The predicted molar refractivity (Wildman–Crippen MR) is 87.5 cm³/mol. The average molecular weight is 297 g/mol. The fourth-order valence-electron chi connectivity index (χ4n) is 2.88. The molecule has 0 unspecified atom stereocenters. The monoisotopic (exact) mass is 297 g/mol. The van der Waals surface area contributed by atoms with E-state index in [0.29, 0.717) is 0 Å². The SMILES string of the molecule is CCc1ccc(Cc2nc3c(c(OC)n2)CCNCC3)cc1. The van der Waals surface area contributed by atoms with Gasteiger partial charge < -0.3 is 10.1 Å². The van der Waals surface area contributed by atoms with E-state index >= 15 is 0 Å². The summed E-state index contributed by atoms with van der Waals surface area (Å²) >= 11 is 0. The minimum Gasteiger partial charge on any atom is -0.481 e. The second-order valence-electron chi connectivity index (χ2n) is 5.67. The van der Waals surface area contributed by atoms with E-state index in [-0.39, 0.29) is 0 Å². The Bertz CT molecular complexity index is 638. The van der Waals surface area contributed by atoms with Gasteiger partial charge in [-0.25, -0.2) is 4.98 Å². The van der Waals surface area contributed by atoms with Crippen molar-refractivity contribution in [2.24, 2.45) is 0 Å². The minimum atomic E-state index is 0.744. The minimum absolute atomic E-state index is 0.744. The van der Waals surface area contributed by atoms with Gasteiger partial charge in [0.1, 0.15) is 5.82 Å². The van der Waals surface area contributed by atoms with Crippen LogP contribution in [0.3, 0.4) is 0 Å². The Kier molecular flexibility index (Phi) is 4.68. The molecule has 0 atom stereocenters. The second kappa shape index (κ2) is 6.88. The quantitative estimate of drug-likeness (QED) is 0.941. The highest BCUT2D eigenvalue weighted by atomic mass is 16.5. The number of fused-ring (bicyclic) bond motifs is 1. The van der Waals surface area contributed by atoms with Gasteiger partial charge in [0.2, 0.25) is 5.88 Å². The molecule has 22 heavy (non-hydrogen) atoms. The highest BCUT2D eigenvalue weighted by Gasteiger charge is 2.17. The number of hydrogen-bond acceptors (Lipinski definition) is 4. The molecule has 0 amide bonds. The highest BCUT2D eigenvalue weighted by molar-refractivity contribution is 5.34. The third-order valence-electron chi connectivity index (χ3n) is 4.18. The highest BCUT2D eigenvalue weighted by Crippen LogP contribution is 2.22. The van der Waals surface area contributed by atoms with Gasteiger partial charge in [-0.1, -0.05) is 31.2 Å². The zero-order valence-corrected chi connectivity index (χ0v) is 13.4. The molecule has 1 aromatic carbocycles. The lowest BCUT2D eigenvalue weighted by Gasteiger charge is -2.12. The lowest BCUT2D eigenvalue weighted by molar-refractivity contribution is 0.388. The summed E-state index contributed by atoms with van der Waals surface area (Å²) in [4.78, 5) is 9.41. The molecule has 0 fully saturated rings. The Balaban J connectivity index is 1.88. The number of aryl methyl sites for hydroxylation is 1. The summed E-state index contributed by atoms with van der Waals surface area (Å²) in [6, 6.07) is 8.70. The molecule has 0 radical (unpaired) electrons. The smallest absolute Gasteiger partial charge is 0.219 e. The van der Waals surface area contributed by atoms with Gasteiger partial charge in [-0.2, -0.15) is 4.98 Å². The number of nitrogens with one attached hydrogen (secondary N) is 1. The molecule has 0 bridgehead atoms. The Morgan fingerprint density at radius 3 is 2.50 bits per heavy atom. The molecule has 1 aliphatic rings. The van der Waals surface area contributed by atoms with Crippen molar-refractivity contribution in [3.05, 3.63) is 52.5 Å². The van der Waals surface area contributed by atoms with Gasteiger partial charge in [-0.15, -0.1) is 0 Å². The number of aromatic nitrogens is 2. The molecule has 0 spiro atoms. The molecule has 1 N–H and O–H groups in total. The van der Waals surface area contributed by atoms with E-state index in [4.69, 9.17) is 9.72 Å². The van der Waals surface area contributed by atoms with Crippen molar-refractivity contribution < 1.29 is 4.74 Å². The number of rotatable bonds is 4. The number of ether oxygens (including phenoxy) is 1. The van der Waals surface area contributed by atoms with E-state index < -0.39 is 0 Å². The van der Waals surface area contributed by atoms with Gasteiger partial charge in [0.25, 0.3) is 0 Å². The molecule has 1 aromatic heterocycles. The van der Waals surface area contributed by atoms with Crippen molar-refractivity contribution in [2.75, 3.05) is 20.2 Å². The van der Waals surface area contributed by atoms with Crippen molar-refractivity contribution in [3.8, 4) is 5.88 Å². The van der Waals surface area contributed by atoms with Crippen LogP contribution in [0.25, 0.3) is 0 Å². The van der Waals surface area contributed by atoms with E-state index in [0.717, 1.165) is 61.7 Å². The summed E-state index contributed by atoms with van der Waals surface area (Å²) in [5, 5.41) is 3.40. The van der Waals surface area contributed by atoms with Gasteiger partial charge >= 0.3 is 0 Å². The third kappa shape index (κ3) is 3.28. The standard InChI is InChI=1S/C18H23N3O/c1-3-13-4-6-14(7-5-13)12-17-20-16-9-11-19-10-8-15(16)18(21-17)22-2/h4-7,19H,3,8-12H2,1-2H3. The van der Waals surface area contributed by atoms with E-state index in [1.165, 1.54) is 11.1 Å². The van der Waals surface area contributed by atoms with Crippen LogP contribution >= 0.6 is 0 Å². The second-order valence-corrected chi connectivity index (χ2v) is 5.67. The van der Waals surface area contributed by atoms with Gasteiger partial charge in [0, 0.05) is 24.9 Å². The van der Waals surface area contributed by atoms with E-state index in [9.17, 15) is 0 Å². The summed E-state index contributed by atoms with van der Waals surface area (Å²) in [5.74, 6) is 1.59. The summed E-state index contributed by atoms with van der Waals surface area (Å²) in [7, 11) is 1.70. The van der Waals surface area contributed by atoms with Crippen LogP contribution in [0.4, 0.5) is 0 Å². The summed E-state index contributed by atoms with van der Waals surface area (Å²) in [6.07, 6.45) is 3.69. The fourth-order valence-corrected chi connectivity index (χ4v) is 2.88. The van der Waals surface area contributed by atoms with E-state index in [1.54, 1.807) is 7.11 Å². The molecule has 116 valence electrons. The molecule has 4 heteroatoms. The maximum absolute atomic E-state index is 5.50. The van der Waals surface area contributed by atoms with E-state index in [2.05, 4.69) is 41.5 Å². The normalized spacial score (nSPS) is 14.3. The Morgan fingerprint density at radius 1 is 1.05 bits per heavy atom. The van der Waals surface area contributed by atoms with Gasteiger partial charge in [-0.05, 0) is 30.5 Å². The molecule has 1 aliphatic heterocycles. The molecule has 0 saturated carbocycles. The molecule has 2 heterocycles. The first-order valence-corrected chi connectivity index (χ1v) is 8.01. The van der Waals surface area contributed by atoms with Crippen LogP contribution in [0.2, 0.25) is 0 Å². The average Bonchev–Trinajstić information content (AvgIpc) is 2.80. The van der Waals surface area contributed by atoms with Crippen LogP contribution in [0, 0.1) is 0 Å². The van der Waals surface area contributed by atoms with Crippen molar-refractivity contribution in [3.63, 3.8) is 0 Å². The van der Waals surface area contributed by atoms with Crippen LogP contribution in [0.1, 0.15) is 35.1 Å². The Morgan fingerprint density at radius 2 is 1.77 bits per heavy atom. The molecule has 3 rings (SSSR count). The lowest BCUT2D eigenvalue weighted by Crippen LogP contribution is -2.16. The number of hydrogen-bond donors (Lipinski definition) is 1. The number of methoxy groups -OCH3 is 1. The summed E-state index contributed by atoms with van der Waals surface area (Å²) in [6.45, 7) is 4.10. The van der Waals surface area contributed by atoms with Crippen molar-refractivity contribution >= 4 is 0 Å².